The Morgan fingerprint density at radius 3 is 2.20 bits per heavy atom. The highest BCUT2D eigenvalue weighted by molar-refractivity contribution is 6.21. The predicted octanol–water partition coefficient (Wildman–Crippen LogP) is 1.37. The molecule has 0 aromatic heterocycles. The van der Waals surface area contributed by atoms with Crippen molar-refractivity contribution in [2.24, 2.45) is 0 Å². The molecule has 8 heteroatoms. The van der Waals surface area contributed by atoms with Gasteiger partial charge in [0, 0.05) is 6.54 Å². The van der Waals surface area contributed by atoms with Crippen LogP contribution in [0, 0.1) is 0 Å². The lowest BCUT2D eigenvalue weighted by Gasteiger charge is -2.28. The summed E-state index contributed by atoms with van der Waals surface area (Å²) < 4.78 is 0. The van der Waals surface area contributed by atoms with Gasteiger partial charge >= 0.3 is 12.0 Å². The Morgan fingerprint density at radius 2 is 1.68 bits per heavy atom. The van der Waals surface area contributed by atoms with Crippen LogP contribution in [0.25, 0.3) is 0 Å². The van der Waals surface area contributed by atoms with E-state index < -0.39 is 29.4 Å². The van der Waals surface area contributed by atoms with Crippen LogP contribution >= 0.6 is 0 Å². The molecule has 25 heavy (non-hydrogen) atoms. The van der Waals surface area contributed by atoms with Gasteiger partial charge in [-0.25, -0.2) is 9.59 Å². The fraction of sp³-hybridized carbons (Fsp3) is 0.412. The van der Waals surface area contributed by atoms with E-state index in [2.05, 4.69) is 10.6 Å². The lowest BCUT2D eigenvalue weighted by molar-refractivity contribution is -0.176. The number of rotatable bonds is 4. The average molecular weight is 345 g/mol. The molecule has 0 saturated heterocycles. The Kier molecular flexibility index (Phi) is 4.43. The standard InChI is InChI=1S/C17H19N3O5/c1-2-18-16(24)19-17(9-5-6-10-17)15(23)25-20-13(21)11-7-3-4-8-12(11)14(20)22/h3-4,7-8H,2,5-6,9-10H2,1H3,(H2,18,19,24). The Morgan fingerprint density at radius 1 is 1.12 bits per heavy atom. The quantitative estimate of drug-likeness (QED) is 0.802. The molecule has 132 valence electrons. The number of nitrogens with zero attached hydrogens (tertiary/aromatic N) is 1. The maximum absolute atomic E-state index is 12.7. The number of carbonyl (C=O) groups is 4. The summed E-state index contributed by atoms with van der Waals surface area (Å²) in [6.45, 7) is 2.17. The monoisotopic (exact) mass is 345 g/mol. The normalized spacial score (nSPS) is 18.0. The van der Waals surface area contributed by atoms with Gasteiger partial charge in [0.05, 0.1) is 11.1 Å². The molecule has 0 spiro atoms. The second-order valence-electron chi connectivity index (χ2n) is 6.10. The molecular formula is C17H19N3O5. The van der Waals surface area contributed by atoms with Gasteiger partial charge in [-0.1, -0.05) is 30.0 Å². The van der Waals surface area contributed by atoms with Crippen LogP contribution in [0.15, 0.2) is 24.3 Å². The van der Waals surface area contributed by atoms with Crippen molar-refractivity contribution in [3.63, 3.8) is 0 Å². The number of amides is 4. The SMILES string of the molecule is CCNC(=O)NC1(C(=O)ON2C(=O)c3ccccc3C2=O)CCCC1. The van der Waals surface area contributed by atoms with Crippen molar-refractivity contribution in [2.45, 2.75) is 38.1 Å². The summed E-state index contributed by atoms with van der Waals surface area (Å²) in [4.78, 5) is 54.3. The third-order valence-corrected chi connectivity index (χ3v) is 4.47. The van der Waals surface area contributed by atoms with Crippen LogP contribution in [0.5, 0.6) is 0 Å². The molecule has 1 fully saturated rings. The summed E-state index contributed by atoms with van der Waals surface area (Å²) >= 11 is 0. The number of benzene rings is 1. The van der Waals surface area contributed by atoms with Crippen molar-refractivity contribution < 1.29 is 24.0 Å². The second kappa shape index (κ2) is 6.54. The molecule has 0 bridgehead atoms. The fourth-order valence-corrected chi connectivity index (χ4v) is 3.20. The van der Waals surface area contributed by atoms with Crippen molar-refractivity contribution in [1.82, 2.24) is 15.7 Å². The molecule has 1 aromatic carbocycles. The summed E-state index contributed by atoms with van der Waals surface area (Å²) in [7, 11) is 0. The van der Waals surface area contributed by atoms with E-state index >= 15 is 0 Å². The van der Waals surface area contributed by atoms with Crippen molar-refractivity contribution in [2.75, 3.05) is 6.54 Å². The topological polar surface area (TPSA) is 105 Å². The number of hydrogen-bond donors (Lipinski definition) is 2. The van der Waals surface area contributed by atoms with Crippen LogP contribution < -0.4 is 10.6 Å². The number of fused-ring (bicyclic) bond motifs is 1. The van der Waals surface area contributed by atoms with Gasteiger partial charge < -0.3 is 15.5 Å². The molecule has 4 amide bonds. The predicted molar refractivity (Wildman–Crippen MR) is 86.4 cm³/mol. The number of nitrogens with one attached hydrogen (secondary N) is 2. The molecule has 8 nitrogen and oxygen atoms in total. The molecule has 1 aliphatic carbocycles. The maximum Gasteiger partial charge on any atom is 0.358 e. The van der Waals surface area contributed by atoms with Crippen molar-refractivity contribution in [1.29, 1.82) is 0 Å². The van der Waals surface area contributed by atoms with E-state index in [1.807, 2.05) is 0 Å². The Labute approximate surface area is 144 Å². The molecule has 1 aromatic rings. The second-order valence-corrected chi connectivity index (χ2v) is 6.10. The first-order valence-electron chi connectivity index (χ1n) is 8.25. The molecule has 0 unspecified atom stereocenters. The number of imide groups is 1. The molecule has 2 N–H and O–H groups in total. The van der Waals surface area contributed by atoms with Crippen molar-refractivity contribution in [3.05, 3.63) is 35.4 Å². The average Bonchev–Trinajstić information content (AvgIpc) is 3.16. The van der Waals surface area contributed by atoms with Crippen LogP contribution in [0.4, 0.5) is 4.79 Å². The fourth-order valence-electron chi connectivity index (χ4n) is 3.20. The lowest BCUT2D eigenvalue weighted by Crippen LogP contribution is -2.57. The molecule has 0 radical (unpaired) electrons. The van der Waals surface area contributed by atoms with E-state index in [1.165, 1.54) is 12.1 Å². The number of hydroxylamine groups is 2. The number of carbonyl (C=O) groups excluding carboxylic acids is 4. The molecule has 1 heterocycles. The van der Waals surface area contributed by atoms with Crippen molar-refractivity contribution >= 4 is 23.8 Å². The molecule has 1 saturated carbocycles. The third-order valence-electron chi connectivity index (χ3n) is 4.47. The van der Waals surface area contributed by atoms with Gasteiger partial charge in [-0.15, -0.1) is 0 Å². The van der Waals surface area contributed by atoms with Gasteiger partial charge in [0.2, 0.25) is 0 Å². The minimum absolute atomic E-state index is 0.192. The van der Waals surface area contributed by atoms with Gasteiger partial charge in [-0.05, 0) is 31.9 Å². The van der Waals surface area contributed by atoms with Crippen LogP contribution in [0.1, 0.15) is 53.3 Å². The Bertz CT molecular complexity index is 705. The summed E-state index contributed by atoms with van der Waals surface area (Å²) in [6.07, 6.45) is 2.27. The van der Waals surface area contributed by atoms with E-state index in [0.717, 1.165) is 12.8 Å². The first kappa shape index (κ1) is 16.9. The van der Waals surface area contributed by atoms with Crippen LogP contribution in [0.3, 0.4) is 0 Å². The van der Waals surface area contributed by atoms with Crippen LogP contribution in [-0.4, -0.2) is 41.0 Å². The van der Waals surface area contributed by atoms with Gasteiger partial charge in [0.15, 0.2) is 0 Å². The first-order chi connectivity index (χ1) is 12.0. The number of hydrogen-bond acceptors (Lipinski definition) is 5. The largest absolute Gasteiger partial charge is 0.358 e. The molecule has 0 atom stereocenters. The lowest BCUT2D eigenvalue weighted by atomic mass is 9.98. The third kappa shape index (κ3) is 2.95. The minimum Gasteiger partial charge on any atom is -0.338 e. The van der Waals surface area contributed by atoms with Crippen LogP contribution in [0.2, 0.25) is 0 Å². The van der Waals surface area contributed by atoms with E-state index in [9.17, 15) is 19.2 Å². The highest BCUT2D eigenvalue weighted by Gasteiger charge is 2.48. The minimum atomic E-state index is -1.23. The zero-order chi connectivity index (χ0) is 18.0. The summed E-state index contributed by atoms with van der Waals surface area (Å²) in [5.74, 6) is -2.16. The zero-order valence-corrected chi connectivity index (χ0v) is 13.8. The van der Waals surface area contributed by atoms with Gasteiger partial charge in [0.1, 0.15) is 5.54 Å². The molecular weight excluding hydrogens is 326 g/mol. The smallest absolute Gasteiger partial charge is 0.338 e. The van der Waals surface area contributed by atoms with E-state index in [-0.39, 0.29) is 11.1 Å². The summed E-state index contributed by atoms with van der Waals surface area (Å²) in [5.41, 5.74) is -0.843. The Balaban J connectivity index is 1.78. The molecule has 1 aliphatic heterocycles. The van der Waals surface area contributed by atoms with E-state index in [4.69, 9.17) is 4.84 Å². The van der Waals surface area contributed by atoms with Gasteiger partial charge in [-0.2, -0.15) is 0 Å². The van der Waals surface area contributed by atoms with Crippen molar-refractivity contribution in [3.8, 4) is 0 Å². The van der Waals surface area contributed by atoms with Gasteiger partial charge in [-0.3, -0.25) is 9.59 Å². The summed E-state index contributed by atoms with van der Waals surface area (Å²) in [6, 6.07) is 5.78. The van der Waals surface area contributed by atoms with E-state index in [1.54, 1.807) is 19.1 Å². The highest BCUT2D eigenvalue weighted by Crippen LogP contribution is 2.32. The molecule has 3 rings (SSSR count). The van der Waals surface area contributed by atoms with Gasteiger partial charge in [0.25, 0.3) is 11.8 Å². The first-order valence-corrected chi connectivity index (χ1v) is 8.25. The highest BCUT2D eigenvalue weighted by atomic mass is 16.7. The maximum atomic E-state index is 12.7. The zero-order valence-electron chi connectivity index (χ0n) is 13.8. The Hall–Kier alpha value is -2.90. The number of urea groups is 1. The summed E-state index contributed by atoms with van der Waals surface area (Å²) in [5, 5.41) is 5.69. The van der Waals surface area contributed by atoms with Crippen LogP contribution in [-0.2, 0) is 9.63 Å². The van der Waals surface area contributed by atoms with E-state index in [0.29, 0.717) is 24.4 Å². The molecule has 2 aliphatic rings.